The van der Waals surface area contributed by atoms with Gasteiger partial charge in [0.05, 0.1) is 17.8 Å². The molecular weight excluding hydrogens is 292 g/mol. The lowest BCUT2D eigenvalue weighted by Gasteiger charge is -2.24. The molecule has 23 heavy (non-hydrogen) atoms. The van der Waals surface area contributed by atoms with Gasteiger partial charge in [-0.1, -0.05) is 5.16 Å². The maximum atomic E-state index is 12.9. The molecule has 0 atom stereocenters. The van der Waals surface area contributed by atoms with E-state index in [2.05, 4.69) is 25.9 Å². The summed E-state index contributed by atoms with van der Waals surface area (Å²) in [6.45, 7) is 8.45. The first kappa shape index (κ1) is 15.8. The summed E-state index contributed by atoms with van der Waals surface area (Å²) < 4.78 is 6.92. The number of amides is 1. The standard InChI is InChI=1S/C17H24N4O2/c1-11-8-13(19-23-11)10-20(5)16(22)15-9-14(12-6-7-12)18-21(15)17(2,3)4/h8-9,12H,6-7,10H2,1-5H3. The minimum atomic E-state index is -0.233. The molecule has 1 saturated carbocycles. The molecule has 6 heteroatoms. The molecule has 1 aliphatic carbocycles. The lowest BCUT2D eigenvalue weighted by Crippen LogP contribution is -2.33. The van der Waals surface area contributed by atoms with E-state index < -0.39 is 0 Å². The Morgan fingerprint density at radius 2 is 2.09 bits per heavy atom. The maximum Gasteiger partial charge on any atom is 0.272 e. The summed E-state index contributed by atoms with van der Waals surface area (Å²) in [6.07, 6.45) is 2.34. The molecule has 124 valence electrons. The van der Waals surface area contributed by atoms with Gasteiger partial charge in [0.15, 0.2) is 0 Å². The predicted molar refractivity (Wildman–Crippen MR) is 86.2 cm³/mol. The van der Waals surface area contributed by atoms with Crippen molar-refractivity contribution in [2.24, 2.45) is 0 Å². The van der Waals surface area contributed by atoms with E-state index in [1.165, 1.54) is 12.8 Å². The van der Waals surface area contributed by atoms with Crippen LogP contribution in [0.1, 0.15) is 67.2 Å². The third-order valence-corrected chi connectivity index (χ3v) is 4.00. The van der Waals surface area contributed by atoms with Crippen LogP contribution in [0.2, 0.25) is 0 Å². The molecule has 3 rings (SSSR count). The van der Waals surface area contributed by atoms with Gasteiger partial charge < -0.3 is 9.42 Å². The normalized spacial score (nSPS) is 15.0. The fraction of sp³-hybridized carbons (Fsp3) is 0.588. The zero-order valence-corrected chi connectivity index (χ0v) is 14.5. The summed E-state index contributed by atoms with van der Waals surface area (Å²) in [5.74, 6) is 1.23. The van der Waals surface area contributed by atoms with E-state index in [0.29, 0.717) is 18.2 Å². The highest BCUT2D eigenvalue weighted by atomic mass is 16.5. The van der Waals surface area contributed by atoms with Gasteiger partial charge in [-0.2, -0.15) is 5.10 Å². The van der Waals surface area contributed by atoms with Crippen LogP contribution in [0.25, 0.3) is 0 Å². The van der Waals surface area contributed by atoms with E-state index in [1.807, 2.05) is 23.7 Å². The average Bonchev–Trinajstić information content (AvgIpc) is 3.07. The molecule has 2 aromatic heterocycles. The maximum absolute atomic E-state index is 12.9. The fourth-order valence-electron chi connectivity index (χ4n) is 2.64. The van der Waals surface area contributed by atoms with Gasteiger partial charge in [0.2, 0.25) is 0 Å². The van der Waals surface area contributed by atoms with Gasteiger partial charge in [-0.05, 0) is 46.6 Å². The Morgan fingerprint density at radius 1 is 1.39 bits per heavy atom. The Hall–Kier alpha value is -2.11. The van der Waals surface area contributed by atoms with Crippen molar-refractivity contribution in [1.82, 2.24) is 19.8 Å². The van der Waals surface area contributed by atoms with Crippen LogP contribution < -0.4 is 0 Å². The Labute approximate surface area is 136 Å². The average molecular weight is 316 g/mol. The molecule has 1 aliphatic rings. The zero-order chi connectivity index (χ0) is 16.8. The van der Waals surface area contributed by atoms with Crippen LogP contribution in [-0.4, -0.2) is 32.8 Å². The Bertz CT molecular complexity index is 719. The van der Waals surface area contributed by atoms with Gasteiger partial charge in [-0.3, -0.25) is 9.48 Å². The highest BCUT2D eigenvalue weighted by Crippen LogP contribution is 2.40. The van der Waals surface area contributed by atoms with Crippen molar-refractivity contribution in [3.05, 3.63) is 35.0 Å². The van der Waals surface area contributed by atoms with Gasteiger partial charge in [-0.25, -0.2) is 0 Å². The number of hydrogen-bond donors (Lipinski definition) is 0. The minimum Gasteiger partial charge on any atom is -0.361 e. The molecule has 2 heterocycles. The lowest BCUT2D eigenvalue weighted by molar-refractivity contribution is 0.0761. The number of rotatable bonds is 4. The summed E-state index contributed by atoms with van der Waals surface area (Å²) in [4.78, 5) is 14.5. The van der Waals surface area contributed by atoms with Crippen molar-refractivity contribution in [1.29, 1.82) is 0 Å². The van der Waals surface area contributed by atoms with Crippen molar-refractivity contribution in [3.8, 4) is 0 Å². The summed E-state index contributed by atoms with van der Waals surface area (Å²) in [5, 5.41) is 8.65. The molecule has 1 amide bonds. The number of nitrogens with zero attached hydrogens (tertiary/aromatic N) is 4. The van der Waals surface area contributed by atoms with Crippen LogP contribution in [0.5, 0.6) is 0 Å². The molecule has 0 N–H and O–H groups in total. The SMILES string of the molecule is Cc1cc(CN(C)C(=O)c2cc(C3CC3)nn2C(C)(C)C)no1. The number of carbonyl (C=O) groups excluding carboxylic acids is 1. The number of aromatic nitrogens is 3. The number of aryl methyl sites for hydroxylation is 1. The third-order valence-electron chi connectivity index (χ3n) is 4.00. The second-order valence-electron chi connectivity index (χ2n) is 7.40. The zero-order valence-electron chi connectivity index (χ0n) is 14.5. The van der Waals surface area contributed by atoms with Crippen LogP contribution in [0, 0.1) is 6.92 Å². The van der Waals surface area contributed by atoms with E-state index >= 15 is 0 Å². The van der Waals surface area contributed by atoms with Crippen molar-refractivity contribution < 1.29 is 9.32 Å². The minimum absolute atomic E-state index is 0.0417. The lowest BCUT2D eigenvalue weighted by atomic mass is 10.1. The summed E-state index contributed by atoms with van der Waals surface area (Å²) in [5.41, 5.74) is 2.20. The van der Waals surface area contributed by atoms with Crippen molar-refractivity contribution in [2.75, 3.05) is 7.05 Å². The smallest absolute Gasteiger partial charge is 0.272 e. The molecule has 0 saturated heterocycles. The molecule has 2 aromatic rings. The molecule has 1 fully saturated rings. The quantitative estimate of drug-likeness (QED) is 0.869. The van der Waals surface area contributed by atoms with Crippen molar-refractivity contribution in [2.45, 2.75) is 58.5 Å². The highest BCUT2D eigenvalue weighted by molar-refractivity contribution is 5.92. The van der Waals surface area contributed by atoms with Gasteiger partial charge in [-0.15, -0.1) is 0 Å². The van der Waals surface area contributed by atoms with E-state index in [0.717, 1.165) is 17.1 Å². The van der Waals surface area contributed by atoms with Crippen LogP contribution in [-0.2, 0) is 12.1 Å². The Kier molecular flexibility index (Phi) is 3.78. The van der Waals surface area contributed by atoms with Gasteiger partial charge in [0.25, 0.3) is 5.91 Å². The van der Waals surface area contributed by atoms with Crippen molar-refractivity contribution in [3.63, 3.8) is 0 Å². The van der Waals surface area contributed by atoms with E-state index in [4.69, 9.17) is 9.62 Å². The third kappa shape index (κ3) is 3.30. The van der Waals surface area contributed by atoms with Crippen LogP contribution >= 0.6 is 0 Å². The molecule has 0 spiro atoms. The monoisotopic (exact) mass is 316 g/mol. The topological polar surface area (TPSA) is 64.2 Å². The number of hydrogen-bond acceptors (Lipinski definition) is 4. The number of carbonyl (C=O) groups is 1. The van der Waals surface area contributed by atoms with Crippen LogP contribution in [0.4, 0.5) is 0 Å². The highest BCUT2D eigenvalue weighted by Gasteiger charge is 2.32. The first-order chi connectivity index (χ1) is 10.8. The van der Waals surface area contributed by atoms with Gasteiger partial charge in [0.1, 0.15) is 17.1 Å². The Morgan fingerprint density at radius 3 is 2.61 bits per heavy atom. The molecule has 0 aromatic carbocycles. The van der Waals surface area contributed by atoms with Crippen molar-refractivity contribution >= 4 is 5.91 Å². The molecular formula is C17H24N4O2. The van der Waals surface area contributed by atoms with Crippen LogP contribution in [0.3, 0.4) is 0 Å². The first-order valence-electron chi connectivity index (χ1n) is 8.04. The predicted octanol–water partition coefficient (Wildman–Crippen LogP) is 3.08. The van der Waals surface area contributed by atoms with E-state index in [9.17, 15) is 4.79 Å². The first-order valence-corrected chi connectivity index (χ1v) is 8.04. The molecule has 0 unspecified atom stereocenters. The largest absolute Gasteiger partial charge is 0.361 e. The molecule has 6 nitrogen and oxygen atoms in total. The van der Waals surface area contributed by atoms with Gasteiger partial charge >= 0.3 is 0 Å². The molecule has 0 aliphatic heterocycles. The second-order valence-corrected chi connectivity index (χ2v) is 7.40. The Balaban J connectivity index is 1.85. The summed E-state index contributed by atoms with van der Waals surface area (Å²) >= 11 is 0. The van der Waals surface area contributed by atoms with E-state index in [1.54, 1.807) is 11.9 Å². The fourth-order valence-corrected chi connectivity index (χ4v) is 2.64. The summed E-state index contributed by atoms with van der Waals surface area (Å²) in [6, 6.07) is 3.80. The van der Waals surface area contributed by atoms with Crippen LogP contribution in [0.15, 0.2) is 16.7 Å². The molecule has 0 radical (unpaired) electrons. The second kappa shape index (κ2) is 5.51. The summed E-state index contributed by atoms with van der Waals surface area (Å²) in [7, 11) is 1.78. The van der Waals surface area contributed by atoms with E-state index in [-0.39, 0.29) is 11.4 Å². The molecule has 0 bridgehead atoms. The van der Waals surface area contributed by atoms with Gasteiger partial charge in [0, 0.05) is 19.0 Å².